The molecule has 1 amide bonds. The first-order chi connectivity index (χ1) is 12.4. The zero-order chi connectivity index (χ0) is 18.6. The van der Waals surface area contributed by atoms with E-state index in [1.807, 2.05) is 0 Å². The van der Waals surface area contributed by atoms with E-state index in [9.17, 15) is 19.5 Å². The summed E-state index contributed by atoms with van der Waals surface area (Å²) in [7, 11) is 0. The summed E-state index contributed by atoms with van der Waals surface area (Å²) in [5.41, 5.74) is -1.09. The molecule has 1 saturated carbocycles. The lowest BCUT2D eigenvalue weighted by molar-refractivity contribution is -0.120. The van der Waals surface area contributed by atoms with Gasteiger partial charge in [-0.05, 0) is 18.9 Å². The van der Waals surface area contributed by atoms with Crippen LogP contribution in [0.2, 0.25) is 5.02 Å². The highest BCUT2D eigenvalue weighted by atomic mass is 35.5. The van der Waals surface area contributed by atoms with Crippen LogP contribution in [0.15, 0.2) is 17.1 Å². The number of halogens is 2. The number of hydrogen-bond donors (Lipinski definition) is 2. The number of aromatic nitrogens is 1. The number of nitrogens with zero attached hydrogens (tertiary/aromatic N) is 2. The number of aromatic carboxylic acids is 1. The molecular formula is C17H15ClFN3O4. The van der Waals surface area contributed by atoms with Crippen molar-refractivity contribution in [2.45, 2.75) is 18.9 Å². The summed E-state index contributed by atoms with van der Waals surface area (Å²) in [4.78, 5) is 37.1. The Balaban J connectivity index is 2.01. The van der Waals surface area contributed by atoms with Crippen LogP contribution in [-0.4, -0.2) is 41.2 Å². The molecule has 1 aliphatic heterocycles. The number of benzene rings is 1. The van der Waals surface area contributed by atoms with Crippen molar-refractivity contribution < 1.29 is 19.1 Å². The summed E-state index contributed by atoms with van der Waals surface area (Å²) in [5.74, 6) is -2.31. The highest BCUT2D eigenvalue weighted by Crippen LogP contribution is 2.41. The number of amides is 1. The van der Waals surface area contributed by atoms with Crippen LogP contribution < -0.4 is 15.6 Å². The van der Waals surface area contributed by atoms with Gasteiger partial charge in [-0.1, -0.05) is 11.6 Å². The number of fused-ring (bicyclic) bond motifs is 1. The molecule has 1 saturated heterocycles. The highest BCUT2D eigenvalue weighted by molar-refractivity contribution is 6.34. The average Bonchev–Trinajstić information content (AvgIpc) is 3.40. The first kappa shape index (κ1) is 16.8. The maximum absolute atomic E-state index is 15.4. The lowest BCUT2D eigenvalue weighted by atomic mass is 10.1. The van der Waals surface area contributed by atoms with E-state index in [1.54, 1.807) is 0 Å². The third kappa shape index (κ3) is 2.61. The molecule has 0 bridgehead atoms. The van der Waals surface area contributed by atoms with E-state index in [1.165, 1.54) is 21.7 Å². The van der Waals surface area contributed by atoms with Gasteiger partial charge < -0.3 is 19.9 Å². The first-order valence-corrected chi connectivity index (χ1v) is 8.58. The molecule has 26 heavy (non-hydrogen) atoms. The minimum absolute atomic E-state index is 0.0216. The van der Waals surface area contributed by atoms with Gasteiger partial charge in [0.05, 0.1) is 28.2 Å². The molecule has 1 aliphatic carbocycles. The number of carboxylic acids is 1. The Hall–Kier alpha value is -2.61. The van der Waals surface area contributed by atoms with E-state index in [4.69, 9.17) is 11.6 Å². The van der Waals surface area contributed by atoms with Gasteiger partial charge in [0.2, 0.25) is 11.3 Å². The summed E-state index contributed by atoms with van der Waals surface area (Å²) in [6, 6.07) is 1.25. The van der Waals surface area contributed by atoms with Crippen molar-refractivity contribution in [3.8, 4) is 0 Å². The van der Waals surface area contributed by atoms with Crippen LogP contribution in [0.5, 0.6) is 0 Å². The predicted octanol–water partition coefficient (Wildman–Crippen LogP) is 1.76. The standard InChI is InChI=1S/C17H15ClFN3O4/c18-11-5-9-14(13(19)15(11)21-4-3-20-12(23)7-21)22(8-1-2-8)6-10(16(9)24)17(25)26/h5-6,8H,1-4,7H2,(H,20,23)(H,25,26). The molecule has 2 N–H and O–H groups in total. The van der Waals surface area contributed by atoms with Gasteiger partial charge in [-0.25, -0.2) is 9.18 Å². The Labute approximate surface area is 152 Å². The van der Waals surface area contributed by atoms with Crippen molar-refractivity contribution in [3.05, 3.63) is 38.9 Å². The zero-order valence-corrected chi connectivity index (χ0v) is 14.3. The van der Waals surface area contributed by atoms with Crippen LogP contribution in [0, 0.1) is 5.82 Å². The summed E-state index contributed by atoms with van der Waals surface area (Å²) in [6.07, 6.45) is 2.76. The van der Waals surface area contributed by atoms with Crippen LogP contribution in [0.25, 0.3) is 10.9 Å². The molecule has 2 aromatic rings. The molecule has 0 unspecified atom stereocenters. The van der Waals surface area contributed by atoms with Crippen molar-refractivity contribution in [1.82, 2.24) is 9.88 Å². The smallest absolute Gasteiger partial charge is 0.341 e. The molecule has 1 aromatic carbocycles. The second-order valence-electron chi connectivity index (χ2n) is 6.50. The third-order valence-corrected chi connectivity index (χ3v) is 5.00. The molecule has 2 aliphatic rings. The van der Waals surface area contributed by atoms with E-state index < -0.39 is 22.8 Å². The fourth-order valence-electron chi connectivity index (χ4n) is 3.34. The zero-order valence-electron chi connectivity index (χ0n) is 13.6. The number of carbonyl (C=O) groups excluding carboxylic acids is 1. The van der Waals surface area contributed by atoms with Gasteiger partial charge in [0.15, 0.2) is 5.82 Å². The van der Waals surface area contributed by atoms with Crippen molar-refractivity contribution in [1.29, 1.82) is 0 Å². The predicted molar refractivity (Wildman–Crippen MR) is 93.6 cm³/mol. The van der Waals surface area contributed by atoms with Gasteiger partial charge in [-0.15, -0.1) is 0 Å². The van der Waals surface area contributed by atoms with Gasteiger partial charge in [-0.3, -0.25) is 9.59 Å². The molecule has 1 aromatic heterocycles. The summed E-state index contributed by atoms with van der Waals surface area (Å²) >= 11 is 6.23. The molecule has 7 nitrogen and oxygen atoms in total. The monoisotopic (exact) mass is 379 g/mol. The Kier molecular flexibility index (Phi) is 3.87. The van der Waals surface area contributed by atoms with E-state index >= 15 is 4.39 Å². The molecule has 0 radical (unpaired) electrons. The Morgan fingerprint density at radius 3 is 2.69 bits per heavy atom. The number of anilines is 1. The quantitative estimate of drug-likeness (QED) is 0.848. The highest BCUT2D eigenvalue weighted by Gasteiger charge is 2.31. The number of nitrogens with one attached hydrogen (secondary N) is 1. The van der Waals surface area contributed by atoms with Crippen molar-refractivity contribution >= 4 is 40.1 Å². The van der Waals surface area contributed by atoms with Crippen molar-refractivity contribution in [3.63, 3.8) is 0 Å². The molecule has 9 heteroatoms. The van der Waals surface area contributed by atoms with Crippen molar-refractivity contribution in [2.24, 2.45) is 0 Å². The maximum Gasteiger partial charge on any atom is 0.341 e. The minimum Gasteiger partial charge on any atom is -0.477 e. The number of rotatable bonds is 3. The van der Waals surface area contributed by atoms with E-state index in [0.29, 0.717) is 13.1 Å². The topological polar surface area (TPSA) is 91.6 Å². The van der Waals surface area contributed by atoms with E-state index in [-0.39, 0.29) is 40.1 Å². The van der Waals surface area contributed by atoms with Gasteiger partial charge >= 0.3 is 5.97 Å². The number of carboxylic acid groups (broad SMARTS) is 1. The van der Waals surface area contributed by atoms with Gasteiger partial charge in [0, 0.05) is 25.3 Å². The molecule has 0 spiro atoms. The largest absolute Gasteiger partial charge is 0.477 e. The maximum atomic E-state index is 15.4. The van der Waals surface area contributed by atoms with Crippen LogP contribution in [0.3, 0.4) is 0 Å². The molecule has 0 atom stereocenters. The molecule has 136 valence electrons. The number of hydrogen-bond acceptors (Lipinski definition) is 4. The summed E-state index contributed by atoms with van der Waals surface area (Å²) in [5, 5.41) is 11.9. The third-order valence-electron chi connectivity index (χ3n) is 4.71. The van der Waals surface area contributed by atoms with E-state index in [0.717, 1.165) is 12.8 Å². The second-order valence-corrected chi connectivity index (χ2v) is 6.91. The van der Waals surface area contributed by atoms with Crippen LogP contribution >= 0.6 is 11.6 Å². The first-order valence-electron chi connectivity index (χ1n) is 8.20. The van der Waals surface area contributed by atoms with Crippen LogP contribution in [0.4, 0.5) is 10.1 Å². The SMILES string of the molecule is O=C1CN(c2c(Cl)cc3c(=O)c(C(=O)O)cn(C4CC4)c3c2F)CCN1. The number of piperazine rings is 1. The fraction of sp³-hybridized carbons (Fsp3) is 0.353. The number of carbonyl (C=O) groups is 2. The lowest BCUT2D eigenvalue weighted by Gasteiger charge is -2.30. The Morgan fingerprint density at radius 2 is 2.08 bits per heavy atom. The molecule has 2 heterocycles. The fourth-order valence-corrected chi connectivity index (χ4v) is 3.66. The molecule has 4 rings (SSSR count). The Morgan fingerprint density at radius 1 is 1.35 bits per heavy atom. The normalized spacial score (nSPS) is 17.5. The summed E-state index contributed by atoms with van der Waals surface area (Å²) in [6.45, 7) is 0.706. The lowest BCUT2D eigenvalue weighted by Crippen LogP contribution is -2.48. The summed E-state index contributed by atoms with van der Waals surface area (Å²) < 4.78 is 17.0. The number of pyridine rings is 1. The van der Waals surface area contributed by atoms with Crippen molar-refractivity contribution in [2.75, 3.05) is 24.5 Å². The van der Waals surface area contributed by atoms with Gasteiger partial charge in [0.1, 0.15) is 5.56 Å². The van der Waals surface area contributed by atoms with Gasteiger partial charge in [0.25, 0.3) is 0 Å². The van der Waals surface area contributed by atoms with Crippen LogP contribution in [0.1, 0.15) is 29.2 Å². The molecule has 2 fully saturated rings. The minimum atomic E-state index is -1.36. The van der Waals surface area contributed by atoms with Gasteiger partial charge in [-0.2, -0.15) is 0 Å². The van der Waals surface area contributed by atoms with E-state index in [2.05, 4.69) is 5.32 Å². The Bertz CT molecular complexity index is 1020. The second kappa shape index (κ2) is 5.98. The average molecular weight is 380 g/mol. The molecular weight excluding hydrogens is 365 g/mol. The van der Waals surface area contributed by atoms with Crippen LogP contribution in [-0.2, 0) is 4.79 Å².